The van der Waals surface area contributed by atoms with E-state index >= 15 is 0 Å². The first-order valence-corrected chi connectivity index (χ1v) is 7.98. The Morgan fingerprint density at radius 1 is 1.43 bits per heavy atom. The molecule has 1 aliphatic rings. The molecule has 2 aromatic heterocycles. The van der Waals surface area contributed by atoms with Crippen molar-refractivity contribution in [2.45, 2.75) is 32.7 Å². The molecule has 118 valence electrons. The minimum absolute atomic E-state index is 0.00623. The van der Waals surface area contributed by atoms with E-state index in [1.54, 1.807) is 0 Å². The van der Waals surface area contributed by atoms with Crippen LogP contribution in [0.25, 0.3) is 11.0 Å². The van der Waals surface area contributed by atoms with Gasteiger partial charge in [-0.2, -0.15) is 0 Å². The molecule has 0 aliphatic heterocycles. The number of fused-ring (bicyclic) bond motifs is 2. The number of nitrogens with one attached hydrogen (secondary N) is 2. The maximum Gasteiger partial charge on any atom is 0.223 e. The van der Waals surface area contributed by atoms with Gasteiger partial charge < -0.3 is 14.7 Å². The number of aromatic amines is 1. The van der Waals surface area contributed by atoms with E-state index in [0.717, 1.165) is 53.2 Å². The minimum atomic E-state index is 0.00623. The molecule has 3 aromatic rings. The summed E-state index contributed by atoms with van der Waals surface area (Å²) < 4.78 is 5.73. The Morgan fingerprint density at radius 3 is 3.17 bits per heavy atom. The normalized spacial score (nSPS) is 17.2. The van der Waals surface area contributed by atoms with Crippen LogP contribution in [-0.4, -0.2) is 15.9 Å². The lowest BCUT2D eigenvalue weighted by atomic mass is 9.89. The van der Waals surface area contributed by atoms with Crippen molar-refractivity contribution < 1.29 is 9.21 Å². The minimum Gasteiger partial charge on any atom is -0.459 e. The number of amides is 1. The fourth-order valence-corrected chi connectivity index (χ4v) is 3.29. The summed E-state index contributed by atoms with van der Waals surface area (Å²) in [6.45, 7) is 2.38. The Kier molecular flexibility index (Phi) is 3.41. The first kappa shape index (κ1) is 14.1. The molecule has 2 N–H and O–H groups in total. The van der Waals surface area contributed by atoms with Gasteiger partial charge in [0.1, 0.15) is 17.2 Å². The van der Waals surface area contributed by atoms with Crippen LogP contribution in [0.4, 0.5) is 0 Å². The van der Waals surface area contributed by atoms with Crippen molar-refractivity contribution in [3.63, 3.8) is 0 Å². The van der Waals surface area contributed by atoms with Gasteiger partial charge in [0.05, 0.1) is 12.2 Å². The molecule has 1 amide bonds. The molecule has 0 spiro atoms. The summed E-state index contributed by atoms with van der Waals surface area (Å²) in [4.78, 5) is 20.1. The Morgan fingerprint density at radius 2 is 2.30 bits per heavy atom. The molecule has 23 heavy (non-hydrogen) atoms. The second-order valence-electron chi connectivity index (χ2n) is 6.16. The Bertz CT molecular complexity index is 829. The number of rotatable bonds is 3. The van der Waals surface area contributed by atoms with E-state index in [-0.39, 0.29) is 11.8 Å². The second-order valence-corrected chi connectivity index (χ2v) is 6.16. The summed E-state index contributed by atoms with van der Waals surface area (Å²) in [5.74, 6) is 1.81. The number of furan rings is 1. The van der Waals surface area contributed by atoms with Gasteiger partial charge >= 0.3 is 0 Å². The zero-order chi connectivity index (χ0) is 15.8. The molecule has 5 heteroatoms. The molecular weight excluding hydrogens is 290 g/mol. The number of hydrogen-bond acceptors (Lipinski definition) is 3. The summed E-state index contributed by atoms with van der Waals surface area (Å²) in [5.41, 5.74) is 3.08. The van der Waals surface area contributed by atoms with Crippen molar-refractivity contribution in [3.05, 3.63) is 53.3 Å². The number of carbonyl (C=O) groups excluding carboxylic acids is 1. The molecule has 1 atom stereocenters. The van der Waals surface area contributed by atoms with E-state index in [0.29, 0.717) is 6.54 Å². The Labute approximate surface area is 134 Å². The summed E-state index contributed by atoms with van der Waals surface area (Å²) >= 11 is 0. The zero-order valence-corrected chi connectivity index (χ0v) is 13.1. The van der Waals surface area contributed by atoms with Crippen molar-refractivity contribution in [2.75, 3.05) is 0 Å². The van der Waals surface area contributed by atoms with E-state index in [4.69, 9.17) is 4.42 Å². The Balaban J connectivity index is 1.40. The number of H-pyrrole nitrogens is 1. The number of imidazole rings is 1. The lowest BCUT2D eigenvalue weighted by molar-refractivity contribution is -0.125. The van der Waals surface area contributed by atoms with E-state index in [2.05, 4.69) is 15.3 Å². The van der Waals surface area contributed by atoms with Gasteiger partial charge in [0, 0.05) is 23.4 Å². The van der Waals surface area contributed by atoms with Gasteiger partial charge in [-0.3, -0.25) is 4.79 Å². The highest BCUT2D eigenvalue weighted by molar-refractivity contribution is 5.80. The highest BCUT2D eigenvalue weighted by Gasteiger charge is 2.26. The number of aromatic nitrogens is 2. The van der Waals surface area contributed by atoms with E-state index in [1.165, 1.54) is 0 Å². The van der Waals surface area contributed by atoms with Crippen LogP contribution >= 0.6 is 0 Å². The van der Waals surface area contributed by atoms with E-state index < -0.39 is 0 Å². The summed E-state index contributed by atoms with van der Waals surface area (Å²) in [6.07, 6.45) is 2.45. The van der Waals surface area contributed by atoms with Crippen LogP contribution in [0.3, 0.4) is 0 Å². The maximum atomic E-state index is 12.4. The molecule has 2 heterocycles. The average molecular weight is 309 g/mol. The van der Waals surface area contributed by atoms with Crippen LogP contribution in [-0.2, 0) is 24.2 Å². The van der Waals surface area contributed by atoms with E-state index in [1.807, 2.05) is 37.3 Å². The third-order valence-corrected chi connectivity index (χ3v) is 4.45. The third kappa shape index (κ3) is 2.74. The molecule has 0 saturated carbocycles. The van der Waals surface area contributed by atoms with Crippen molar-refractivity contribution in [1.29, 1.82) is 0 Å². The van der Waals surface area contributed by atoms with Crippen molar-refractivity contribution in [1.82, 2.24) is 15.3 Å². The van der Waals surface area contributed by atoms with Crippen molar-refractivity contribution in [2.24, 2.45) is 5.92 Å². The molecule has 1 aliphatic carbocycles. The largest absolute Gasteiger partial charge is 0.459 e. The number of aryl methyl sites for hydroxylation is 2. The monoisotopic (exact) mass is 309 g/mol. The molecule has 0 fully saturated rings. The van der Waals surface area contributed by atoms with Crippen LogP contribution in [0.2, 0.25) is 0 Å². The summed E-state index contributed by atoms with van der Waals surface area (Å²) in [7, 11) is 0. The number of benzene rings is 1. The fourth-order valence-electron chi connectivity index (χ4n) is 3.29. The lowest BCUT2D eigenvalue weighted by Gasteiger charge is -2.20. The van der Waals surface area contributed by atoms with Crippen LogP contribution in [0.5, 0.6) is 0 Å². The van der Waals surface area contributed by atoms with Crippen LogP contribution < -0.4 is 5.32 Å². The average Bonchev–Trinajstić information content (AvgIpc) is 3.13. The zero-order valence-electron chi connectivity index (χ0n) is 13.1. The summed E-state index contributed by atoms with van der Waals surface area (Å²) in [6, 6.07) is 9.84. The quantitative estimate of drug-likeness (QED) is 0.781. The highest BCUT2D eigenvalue weighted by atomic mass is 16.3. The molecule has 4 rings (SSSR count). The van der Waals surface area contributed by atoms with Crippen LogP contribution in [0.15, 0.2) is 34.7 Å². The fraction of sp³-hybridized carbons (Fsp3) is 0.333. The Hall–Kier alpha value is -2.56. The molecule has 5 nitrogen and oxygen atoms in total. The third-order valence-electron chi connectivity index (χ3n) is 4.45. The van der Waals surface area contributed by atoms with Gasteiger partial charge in [0.2, 0.25) is 5.91 Å². The predicted octanol–water partition coefficient (Wildman–Crippen LogP) is 2.89. The van der Waals surface area contributed by atoms with E-state index in [9.17, 15) is 4.79 Å². The number of para-hydroxylation sites is 1. The lowest BCUT2D eigenvalue weighted by Crippen LogP contribution is -2.33. The van der Waals surface area contributed by atoms with Gasteiger partial charge in [-0.15, -0.1) is 0 Å². The molecule has 0 radical (unpaired) electrons. The van der Waals surface area contributed by atoms with Gasteiger partial charge in [-0.25, -0.2) is 4.98 Å². The molecular formula is C18H19N3O2. The maximum absolute atomic E-state index is 12.4. The number of nitrogens with zero attached hydrogens (tertiary/aromatic N) is 1. The molecule has 0 saturated heterocycles. The second kappa shape index (κ2) is 5.57. The van der Waals surface area contributed by atoms with Crippen LogP contribution in [0, 0.1) is 12.8 Å². The summed E-state index contributed by atoms with van der Waals surface area (Å²) in [5, 5.41) is 4.06. The topological polar surface area (TPSA) is 70.9 Å². The first-order chi connectivity index (χ1) is 11.2. The first-order valence-electron chi connectivity index (χ1n) is 7.98. The van der Waals surface area contributed by atoms with Crippen molar-refractivity contribution >= 4 is 16.9 Å². The number of hydrogen-bond donors (Lipinski definition) is 2. The molecule has 0 unspecified atom stereocenters. The van der Waals surface area contributed by atoms with Crippen LogP contribution in [0.1, 0.15) is 29.4 Å². The van der Waals surface area contributed by atoms with Gasteiger partial charge in [0.25, 0.3) is 0 Å². The standard InChI is InChI=1S/C18H19N3O2/c1-11-20-15-7-6-13(9-16(15)21-11)18(22)19-10-14-8-12-4-2-3-5-17(12)23-14/h2-5,8,13H,6-7,9-10H2,1H3,(H,19,22)(H,20,21)/t13-/m0/s1. The number of carbonyl (C=O) groups is 1. The van der Waals surface area contributed by atoms with Gasteiger partial charge in [-0.1, -0.05) is 18.2 Å². The smallest absolute Gasteiger partial charge is 0.223 e. The molecule has 0 bridgehead atoms. The van der Waals surface area contributed by atoms with Crippen molar-refractivity contribution in [3.8, 4) is 0 Å². The van der Waals surface area contributed by atoms with Gasteiger partial charge in [-0.05, 0) is 31.9 Å². The highest BCUT2D eigenvalue weighted by Crippen LogP contribution is 2.24. The van der Waals surface area contributed by atoms with Gasteiger partial charge in [0.15, 0.2) is 0 Å². The molecule has 1 aromatic carbocycles. The predicted molar refractivity (Wildman–Crippen MR) is 86.9 cm³/mol. The SMILES string of the molecule is Cc1nc2c([nH]1)C[C@@H](C(=O)NCc1cc3ccccc3o1)CC2.